The molecule has 3 fully saturated rings. The summed E-state index contributed by atoms with van der Waals surface area (Å²) >= 11 is 13.5. The summed E-state index contributed by atoms with van der Waals surface area (Å²) in [6.07, 6.45) is 15.3. The van der Waals surface area contributed by atoms with Gasteiger partial charge in [0.05, 0.1) is 32.3 Å². The molecule has 0 atom stereocenters. The summed E-state index contributed by atoms with van der Waals surface area (Å²) in [6.45, 7) is 6.70. The Hall–Kier alpha value is -2.74. The molecule has 0 aliphatic heterocycles. The fourth-order valence-electron chi connectivity index (χ4n) is 10.9. The average Bonchev–Trinajstić information content (AvgIpc) is 3.62. The van der Waals surface area contributed by atoms with Crippen molar-refractivity contribution in [3.63, 3.8) is 0 Å². The molecule has 0 N–H and O–H groups in total. The van der Waals surface area contributed by atoms with E-state index < -0.39 is 27.7 Å². The molecule has 0 amide bonds. The third-order valence-corrected chi connectivity index (χ3v) is 22.4. The Bertz CT molecular complexity index is 2860. The van der Waals surface area contributed by atoms with Gasteiger partial charge < -0.3 is 42.6 Å². The van der Waals surface area contributed by atoms with Crippen LogP contribution in [-0.4, -0.2) is 54.5 Å². The molecule has 12 nitrogen and oxygen atoms in total. The Kier molecular flexibility index (Phi) is 24.6. The van der Waals surface area contributed by atoms with Gasteiger partial charge in [0.1, 0.15) is 71.1 Å². The highest BCUT2D eigenvalue weighted by molar-refractivity contribution is 14.1. The first-order valence-corrected chi connectivity index (χ1v) is 36.4. The van der Waals surface area contributed by atoms with Crippen LogP contribution in [-0.2, 0) is 59.3 Å². The van der Waals surface area contributed by atoms with Crippen molar-refractivity contribution in [2.75, 3.05) is 19.8 Å². The van der Waals surface area contributed by atoms with Crippen molar-refractivity contribution in [3.05, 3.63) is 147 Å². The summed E-state index contributed by atoms with van der Waals surface area (Å²) in [5.74, 6) is 3.16. The molecule has 3 aliphatic carbocycles. The summed E-state index contributed by atoms with van der Waals surface area (Å²) in [7, 11) is -0.530. The largest absolute Gasteiger partial charge is 0.489 e. The van der Waals surface area contributed by atoms with Gasteiger partial charge in [-0.25, -0.2) is 14.4 Å². The normalized spacial score (nSPS) is 16.2. The van der Waals surface area contributed by atoms with E-state index in [1.807, 2.05) is 93.6 Å². The van der Waals surface area contributed by atoms with Crippen molar-refractivity contribution in [2.24, 2.45) is 0 Å². The summed E-state index contributed by atoms with van der Waals surface area (Å²) in [6, 6.07) is 37.0. The number of hydrogen-bond acceptors (Lipinski definition) is 12. The van der Waals surface area contributed by atoms with E-state index in [4.69, 9.17) is 42.6 Å². The Morgan fingerprint density at radius 3 is 0.800 bits per heavy atom. The predicted molar refractivity (Wildman–Crippen MR) is 379 cm³/mol. The first kappa shape index (κ1) is 66.7. The van der Waals surface area contributed by atoms with Crippen LogP contribution in [0.2, 0.25) is 0 Å². The molecule has 0 bridgehead atoms. The molecule has 452 valence electrons. The van der Waals surface area contributed by atoms with Gasteiger partial charge in [-0.15, -0.1) is 0 Å². The van der Waals surface area contributed by atoms with Crippen LogP contribution in [0.4, 0.5) is 0 Å². The van der Waals surface area contributed by atoms with E-state index in [1.165, 1.54) is 19.3 Å². The highest BCUT2D eigenvalue weighted by Crippen LogP contribution is 2.39. The Morgan fingerprint density at radius 1 is 0.353 bits per heavy atom. The minimum atomic E-state index is -0.530. The lowest BCUT2D eigenvalue weighted by atomic mass is 9.86. The number of carbonyl (C=O) groups excluding carboxylic acids is 3. The van der Waals surface area contributed by atoms with Crippen molar-refractivity contribution in [2.45, 2.75) is 168 Å². The van der Waals surface area contributed by atoms with Gasteiger partial charge in [-0.2, -0.15) is 0 Å². The van der Waals surface area contributed by atoms with Crippen LogP contribution in [0.3, 0.4) is 0 Å². The van der Waals surface area contributed by atoms with Gasteiger partial charge in [-0.3, -0.25) is 0 Å². The van der Waals surface area contributed by atoms with Gasteiger partial charge in [0.2, 0.25) is 0 Å². The highest BCUT2D eigenvalue weighted by atomic mass is 127. The molecule has 3 aliphatic rings. The van der Waals surface area contributed by atoms with Crippen LogP contribution in [0.25, 0.3) is 0 Å². The molecule has 19 heteroatoms. The lowest BCUT2D eigenvalue weighted by molar-refractivity contribution is -0.164. The van der Waals surface area contributed by atoms with Gasteiger partial charge in [0.25, 0.3) is 0 Å². The van der Waals surface area contributed by atoms with E-state index in [-0.39, 0.29) is 37.7 Å². The van der Waals surface area contributed by atoms with Crippen LogP contribution in [0.15, 0.2) is 124 Å². The van der Waals surface area contributed by atoms with Crippen molar-refractivity contribution in [1.29, 1.82) is 0 Å². The zero-order chi connectivity index (χ0) is 60.1. The van der Waals surface area contributed by atoms with Gasteiger partial charge in [0, 0.05) is 0 Å². The maximum atomic E-state index is 12.8. The second-order valence-electron chi connectivity index (χ2n) is 22.6. The maximum Gasteiger partial charge on any atom is 0.344 e. The van der Waals surface area contributed by atoms with Crippen molar-refractivity contribution in [3.8, 4) is 34.5 Å². The summed E-state index contributed by atoms with van der Waals surface area (Å²) in [5.41, 5.74) is 1.70. The maximum absolute atomic E-state index is 12.8. The first-order valence-electron chi connectivity index (χ1n) is 28.7. The Balaban J connectivity index is 0.852. The number of hydrogen-bond donors (Lipinski definition) is 0. The minimum absolute atomic E-state index is 0.137. The monoisotopic (exact) mass is 1850 g/mol. The SMILES string of the molecule is CC1(OC(=O)COc2c(I)cc(COc3ccc([S+](c4ccc(OCc5cc(I)c(OCC(=O)OC6(C)CCCCC6)c(I)c5)cc4)c4ccc(OCc5cc(I)c(OCC(=O)OC6(C)CCCCC6)c(I)c5)cc4)cc3)cc2I)CCCCC1. The average molecular weight is 1850 g/mol. The zero-order valence-electron chi connectivity index (χ0n) is 47.8. The molecule has 0 spiro atoms. The number of ether oxygens (including phenoxy) is 9. The van der Waals surface area contributed by atoms with E-state index >= 15 is 0 Å². The van der Waals surface area contributed by atoms with E-state index in [9.17, 15) is 14.4 Å². The van der Waals surface area contributed by atoms with Crippen LogP contribution in [0, 0.1) is 21.4 Å². The van der Waals surface area contributed by atoms with E-state index in [2.05, 4.69) is 172 Å². The topological polar surface area (TPSA) is 134 Å². The number of esters is 3. The van der Waals surface area contributed by atoms with Crippen molar-refractivity contribution in [1.82, 2.24) is 0 Å². The van der Waals surface area contributed by atoms with Crippen LogP contribution >= 0.6 is 136 Å². The van der Waals surface area contributed by atoms with Crippen molar-refractivity contribution >= 4 is 164 Å². The first-order chi connectivity index (χ1) is 40.8. The molecule has 85 heavy (non-hydrogen) atoms. The third-order valence-electron chi connectivity index (χ3n) is 15.4. The fraction of sp³-hybridized carbons (Fsp3) is 0.409. The molecule has 0 radical (unpaired) electrons. The number of halogens is 6. The number of rotatable bonds is 24. The Morgan fingerprint density at radius 2 is 0.576 bits per heavy atom. The van der Waals surface area contributed by atoms with E-state index in [0.29, 0.717) is 37.1 Å². The summed E-state index contributed by atoms with van der Waals surface area (Å²) in [4.78, 5) is 41.7. The van der Waals surface area contributed by atoms with E-state index in [1.54, 1.807) is 0 Å². The smallest absolute Gasteiger partial charge is 0.344 e. The van der Waals surface area contributed by atoms with Gasteiger partial charge >= 0.3 is 17.9 Å². The summed E-state index contributed by atoms with van der Waals surface area (Å²) < 4.78 is 60.1. The van der Waals surface area contributed by atoms with E-state index in [0.717, 1.165) is 147 Å². The molecule has 0 unspecified atom stereocenters. The molecule has 0 aromatic heterocycles. The van der Waals surface area contributed by atoms with Crippen LogP contribution in [0.5, 0.6) is 34.5 Å². The Labute approximate surface area is 584 Å². The van der Waals surface area contributed by atoms with Gasteiger partial charge in [-0.05, 0) is 359 Å². The quantitative estimate of drug-likeness (QED) is 0.0247. The zero-order valence-corrected chi connectivity index (χ0v) is 61.6. The molecular formula is C66H69I6O12S+. The molecule has 3 saturated carbocycles. The number of benzene rings is 6. The lowest BCUT2D eigenvalue weighted by Crippen LogP contribution is -2.35. The van der Waals surface area contributed by atoms with Gasteiger partial charge in [0.15, 0.2) is 34.5 Å². The molecule has 6 aromatic carbocycles. The molecule has 0 saturated heterocycles. The van der Waals surface area contributed by atoms with Crippen LogP contribution < -0.4 is 28.4 Å². The second-order valence-corrected chi connectivity index (χ2v) is 31.6. The highest BCUT2D eigenvalue weighted by Gasteiger charge is 2.34. The predicted octanol–water partition coefficient (Wildman–Crippen LogP) is 18.1. The molecule has 6 aromatic rings. The molecular weight excluding hydrogens is 1780 g/mol. The van der Waals surface area contributed by atoms with Crippen molar-refractivity contribution < 1.29 is 57.0 Å². The second kappa shape index (κ2) is 31.3. The lowest BCUT2D eigenvalue weighted by Gasteiger charge is -2.33. The number of carbonyl (C=O) groups is 3. The van der Waals surface area contributed by atoms with Gasteiger partial charge in [-0.1, -0.05) is 19.3 Å². The molecule has 0 heterocycles. The molecule has 9 rings (SSSR count). The third kappa shape index (κ3) is 19.4. The fourth-order valence-corrected chi connectivity index (χ4v) is 19.6. The standard InChI is InChI=1S/C66H69I6O12S/c1-64(25-7-4-8-26-64)82-58(73)40-79-61-52(67)31-43(32-53(61)68)37-76-46-13-19-49(20-14-46)85(50-21-15-47(16-22-50)77-38-44-33-54(69)62(55(70)34-44)80-41-59(74)83-65(2)27-9-5-10-28-65)51-23-17-48(18-24-51)78-39-45-35-56(71)63(57(72)36-45)81-42-60(75)84-66(3)29-11-6-12-30-66/h13-24,31-36H,4-12,25-30,37-42H2,1-3H3/q+1. The van der Waals surface area contributed by atoms with Crippen LogP contribution in [0.1, 0.15) is 134 Å². The summed E-state index contributed by atoms with van der Waals surface area (Å²) in [5, 5.41) is 0. The minimum Gasteiger partial charge on any atom is -0.489 e.